The number of pyridine rings is 2. The molecule has 2 aromatic rings. The van der Waals surface area contributed by atoms with Crippen LogP contribution in [0.2, 0.25) is 10.0 Å². The monoisotopic (exact) mass is 756 g/mol. The second-order valence-corrected chi connectivity index (χ2v) is 12.6. The van der Waals surface area contributed by atoms with E-state index in [9.17, 15) is 24.3 Å². The Bertz CT molecular complexity index is 1350. The number of amides is 2. The van der Waals surface area contributed by atoms with Crippen LogP contribution >= 0.6 is 55.1 Å². The highest BCUT2D eigenvalue weighted by Gasteiger charge is 2.26. The third-order valence-electron chi connectivity index (χ3n) is 4.39. The summed E-state index contributed by atoms with van der Waals surface area (Å²) in [7, 11) is 0. The lowest BCUT2D eigenvalue weighted by molar-refractivity contribution is 0.0525. The molecule has 3 N–H and O–H groups in total. The molecule has 0 aliphatic heterocycles. The molecule has 0 spiro atoms. The van der Waals surface area contributed by atoms with Gasteiger partial charge in [-0.05, 0) is 86.7 Å². The summed E-state index contributed by atoms with van der Waals surface area (Å²) < 4.78 is 15.9. The number of aryl methyl sites for hydroxylation is 1. The highest BCUT2D eigenvalue weighted by atomic mass is 79.9. The predicted octanol–water partition coefficient (Wildman–Crippen LogP) is 8.13. The number of aromatic nitrogens is 2. The smallest absolute Gasteiger partial charge is 0.413 e. The third-order valence-corrected chi connectivity index (χ3v) is 7.07. The predicted molar refractivity (Wildman–Crippen MR) is 166 cm³/mol. The van der Waals surface area contributed by atoms with E-state index in [4.69, 9.17) is 37.4 Å². The van der Waals surface area contributed by atoms with Gasteiger partial charge in [0.15, 0.2) is 11.6 Å². The Morgan fingerprint density at radius 1 is 0.881 bits per heavy atom. The summed E-state index contributed by atoms with van der Waals surface area (Å²) in [5, 5.41) is 14.1. The van der Waals surface area contributed by atoms with Gasteiger partial charge in [0.2, 0.25) is 0 Å². The molecule has 2 rings (SSSR count). The summed E-state index contributed by atoms with van der Waals surface area (Å²) in [6.45, 7) is 13.9. The number of hydrogen-bond acceptors (Lipinski definition) is 9. The highest BCUT2D eigenvalue weighted by Crippen LogP contribution is 2.34. The number of hydrogen-bond donors (Lipinski definition) is 3. The van der Waals surface area contributed by atoms with E-state index in [1.165, 1.54) is 6.20 Å². The first-order valence-corrected chi connectivity index (χ1v) is 14.7. The summed E-state index contributed by atoms with van der Waals surface area (Å²) in [6.07, 6.45) is 0.359. The van der Waals surface area contributed by atoms with Crippen molar-refractivity contribution in [2.24, 2.45) is 0 Å². The van der Waals surface area contributed by atoms with Crippen LogP contribution in [0.4, 0.5) is 21.2 Å². The van der Waals surface area contributed by atoms with E-state index in [1.54, 1.807) is 48.5 Å². The first-order valence-electron chi connectivity index (χ1n) is 12.3. The van der Waals surface area contributed by atoms with Crippen molar-refractivity contribution in [2.75, 3.05) is 17.2 Å². The van der Waals surface area contributed by atoms with E-state index < -0.39 is 35.3 Å². The van der Waals surface area contributed by atoms with Gasteiger partial charge in [0.1, 0.15) is 22.3 Å². The molecule has 16 heteroatoms. The molecule has 0 atom stereocenters. The Balaban J connectivity index is 0.000000420. The van der Waals surface area contributed by atoms with Crippen LogP contribution in [-0.4, -0.2) is 57.0 Å². The van der Waals surface area contributed by atoms with Gasteiger partial charge in [0.05, 0.1) is 31.3 Å². The molecule has 0 aliphatic rings. The first-order chi connectivity index (χ1) is 19.2. The fourth-order valence-corrected chi connectivity index (χ4v) is 4.21. The molecule has 2 aromatic heterocycles. The Morgan fingerprint density at radius 2 is 1.38 bits per heavy atom. The van der Waals surface area contributed by atoms with Crippen LogP contribution in [0.15, 0.2) is 15.1 Å². The van der Waals surface area contributed by atoms with Crippen molar-refractivity contribution in [3.8, 4) is 0 Å². The number of carboxylic acids is 1. The molecule has 0 fully saturated rings. The summed E-state index contributed by atoms with van der Waals surface area (Å²) >= 11 is 18.5. The topological polar surface area (TPSA) is 166 Å². The third kappa shape index (κ3) is 11.5. The lowest BCUT2D eigenvalue weighted by atomic mass is 10.2. The number of carboxylic acid groups (broad SMARTS) is 1. The Labute approximate surface area is 270 Å². The molecule has 12 nitrogen and oxygen atoms in total. The quantitative estimate of drug-likeness (QED) is 0.193. The van der Waals surface area contributed by atoms with Gasteiger partial charge in [0.25, 0.3) is 0 Å². The number of esters is 1. The van der Waals surface area contributed by atoms with Gasteiger partial charge < -0.3 is 19.3 Å². The number of carbonyl (C=O) groups is 4. The number of nitrogens with one attached hydrogen (secondary N) is 2. The van der Waals surface area contributed by atoms with Crippen molar-refractivity contribution in [1.29, 1.82) is 0 Å². The lowest BCUT2D eigenvalue weighted by Crippen LogP contribution is -2.28. The minimum absolute atomic E-state index is 0.0135. The van der Waals surface area contributed by atoms with E-state index in [0.29, 0.717) is 21.1 Å². The molecule has 2 amide bonds. The van der Waals surface area contributed by atoms with Crippen LogP contribution in [0.25, 0.3) is 0 Å². The number of rotatable bonds is 6. The molecule has 232 valence electrons. The standard InChI is InChI=1S/2C13H16BrClN2O4/c1-5-20-11(18)8-9(15)7(14)6-16-10(8)17-12(19)21-13(2,3)4;1-5-6-8(14)9(15)7(11(18)19)10(16-6)17-12(20)21-13(2,3)4/h6H,5H2,1-4H3,(H,16,17,19);5H2,1-4H3,(H,18,19)(H,16,17,20). The van der Waals surface area contributed by atoms with Crippen LogP contribution in [0.3, 0.4) is 0 Å². The molecule has 0 unspecified atom stereocenters. The molecule has 0 aliphatic carbocycles. The summed E-state index contributed by atoms with van der Waals surface area (Å²) in [5.41, 5.74) is -1.16. The van der Waals surface area contributed by atoms with Crippen LogP contribution in [0.5, 0.6) is 0 Å². The van der Waals surface area contributed by atoms with Gasteiger partial charge in [-0.15, -0.1) is 0 Å². The van der Waals surface area contributed by atoms with Crippen molar-refractivity contribution in [3.05, 3.63) is 42.0 Å². The first kappa shape index (κ1) is 37.3. The SMILES string of the molecule is CCOC(=O)c1c(NC(=O)OC(C)(C)C)ncc(Br)c1Cl.CCc1nc(NC(=O)OC(C)(C)C)c(C(=O)O)c(Cl)c1Br. The van der Waals surface area contributed by atoms with Crippen LogP contribution in [0, 0.1) is 0 Å². The number of carbonyl (C=O) groups excluding carboxylic acids is 3. The fraction of sp³-hybridized carbons (Fsp3) is 0.462. The van der Waals surface area contributed by atoms with Crippen molar-refractivity contribution < 1.29 is 38.5 Å². The second kappa shape index (κ2) is 15.7. The van der Waals surface area contributed by atoms with Gasteiger partial charge >= 0.3 is 24.1 Å². The maximum atomic E-state index is 11.9. The summed E-state index contributed by atoms with van der Waals surface area (Å²) in [4.78, 5) is 54.9. The normalized spacial score (nSPS) is 11.0. The minimum atomic E-state index is -1.29. The Hall–Kier alpha value is -2.68. The van der Waals surface area contributed by atoms with Crippen LogP contribution < -0.4 is 10.6 Å². The van der Waals surface area contributed by atoms with Gasteiger partial charge in [0, 0.05) is 6.20 Å². The number of nitrogens with zero attached hydrogens (tertiary/aromatic N) is 2. The molecule has 0 bridgehead atoms. The molecular formula is C26H32Br2Cl2N4O8. The largest absolute Gasteiger partial charge is 0.478 e. The summed E-state index contributed by atoms with van der Waals surface area (Å²) in [6, 6.07) is 0. The van der Waals surface area contributed by atoms with E-state index in [2.05, 4.69) is 52.5 Å². The lowest BCUT2D eigenvalue weighted by Gasteiger charge is -2.20. The average molecular weight is 759 g/mol. The van der Waals surface area contributed by atoms with E-state index in [1.807, 2.05) is 6.92 Å². The van der Waals surface area contributed by atoms with Gasteiger partial charge in [-0.25, -0.2) is 29.1 Å². The molecule has 2 heterocycles. The fourth-order valence-electron chi connectivity index (χ4n) is 2.85. The zero-order valence-corrected chi connectivity index (χ0v) is 28.9. The number of halogens is 4. The van der Waals surface area contributed by atoms with E-state index in [-0.39, 0.29) is 39.4 Å². The van der Waals surface area contributed by atoms with Crippen molar-refractivity contribution in [1.82, 2.24) is 9.97 Å². The van der Waals surface area contributed by atoms with Crippen LogP contribution in [0.1, 0.15) is 81.8 Å². The maximum absolute atomic E-state index is 11.9. The molecule has 42 heavy (non-hydrogen) atoms. The highest BCUT2D eigenvalue weighted by molar-refractivity contribution is 9.11. The van der Waals surface area contributed by atoms with E-state index >= 15 is 0 Å². The van der Waals surface area contributed by atoms with E-state index in [0.717, 1.165) is 0 Å². The van der Waals surface area contributed by atoms with Gasteiger partial charge in [-0.3, -0.25) is 10.6 Å². The summed E-state index contributed by atoms with van der Waals surface area (Å²) in [5.74, 6) is -2.12. The zero-order valence-electron chi connectivity index (χ0n) is 24.2. The Kier molecular flexibility index (Phi) is 14.0. The van der Waals surface area contributed by atoms with Crippen molar-refractivity contribution in [2.45, 2.75) is 73.0 Å². The second-order valence-electron chi connectivity index (χ2n) is 10.2. The number of anilines is 2. The maximum Gasteiger partial charge on any atom is 0.413 e. The number of aromatic carboxylic acids is 1. The molecule has 0 saturated heterocycles. The average Bonchev–Trinajstić information content (AvgIpc) is 2.81. The van der Waals surface area contributed by atoms with Crippen molar-refractivity contribution >= 4 is 90.8 Å². The minimum Gasteiger partial charge on any atom is -0.478 e. The molecule has 0 aromatic carbocycles. The molecular weight excluding hydrogens is 727 g/mol. The van der Waals surface area contributed by atoms with Gasteiger partial charge in [-0.1, -0.05) is 30.1 Å². The van der Waals surface area contributed by atoms with Crippen LogP contribution in [-0.2, 0) is 20.6 Å². The zero-order chi connectivity index (χ0) is 32.6. The molecule has 0 radical (unpaired) electrons. The molecule has 0 saturated carbocycles. The van der Waals surface area contributed by atoms with Gasteiger partial charge in [-0.2, -0.15) is 0 Å². The van der Waals surface area contributed by atoms with Crippen molar-refractivity contribution in [3.63, 3.8) is 0 Å². The number of ether oxygens (including phenoxy) is 3. The Morgan fingerprint density at radius 3 is 1.81 bits per heavy atom.